The Kier molecular flexibility index (Phi) is 10.9. The summed E-state index contributed by atoms with van der Waals surface area (Å²) >= 11 is 0. The maximum Gasteiger partial charge on any atom is 0.305 e. The van der Waals surface area contributed by atoms with Gasteiger partial charge in [-0.05, 0) is 37.5 Å². The number of aliphatic hydroxyl groups is 2. The number of esters is 1. The first-order valence-electron chi connectivity index (χ1n) is 10.6. The zero-order valence-electron chi connectivity index (χ0n) is 17.7. The molecule has 3 atom stereocenters. The SMILES string of the molecule is CCCCC(C)(C)[C@H](O)/C=C/[C@@H]1C(CCCCCCC(=O)OC)=CC[C@H]1O. The fourth-order valence-electron chi connectivity index (χ4n) is 3.64. The molecule has 0 saturated heterocycles. The maximum atomic E-state index is 11.1. The van der Waals surface area contributed by atoms with E-state index in [4.69, 9.17) is 0 Å². The van der Waals surface area contributed by atoms with Crippen molar-refractivity contribution in [3.63, 3.8) is 0 Å². The van der Waals surface area contributed by atoms with Crippen LogP contribution >= 0.6 is 0 Å². The van der Waals surface area contributed by atoms with E-state index < -0.39 is 6.10 Å². The van der Waals surface area contributed by atoms with Crippen LogP contribution in [0.15, 0.2) is 23.8 Å². The standard InChI is InChI=1S/C23H40O4/c1-5-6-17-23(2,3)21(25)16-14-19-18(13-15-20(19)24)11-9-7-8-10-12-22(26)27-4/h13-14,16,19-21,24-25H,5-12,15,17H2,1-4H3/b16-14+/t19-,20-,21-/m1/s1. The molecule has 0 aromatic heterocycles. The van der Waals surface area contributed by atoms with Crippen LogP contribution < -0.4 is 0 Å². The van der Waals surface area contributed by atoms with Crippen LogP contribution in [0.5, 0.6) is 0 Å². The van der Waals surface area contributed by atoms with Gasteiger partial charge in [0.05, 0.1) is 19.3 Å². The van der Waals surface area contributed by atoms with Crippen molar-refractivity contribution in [3.8, 4) is 0 Å². The molecule has 1 rings (SSSR count). The largest absolute Gasteiger partial charge is 0.469 e. The lowest BCUT2D eigenvalue weighted by Crippen LogP contribution is -2.28. The summed E-state index contributed by atoms with van der Waals surface area (Å²) in [6.45, 7) is 6.38. The molecule has 0 unspecified atom stereocenters. The number of carbonyl (C=O) groups is 1. The van der Waals surface area contributed by atoms with E-state index in [1.54, 1.807) is 0 Å². The predicted octanol–water partition coefficient (Wildman–Crippen LogP) is 4.94. The van der Waals surface area contributed by atoms with Crippen LogP contribution in [0, 0.1) is 11.3 Å². The van der Waals surface area contributed by atoms with Crippen molar-refractivity contribution in [2.24, 2.45) is 11.3 Å². The number of carbonyl (C=O) groups excluding carboxylic acids is 1. The molecule has 0 aromatic rings. The molecule has 4 nitrogen and oxygen atoms in total. The van der Waals surface area contributed by atoms with Gasteiger partial charge >= 0.3 is 5.97 Å². The second kappa shape index (κ2) is 12.4. The summed E-state index contributed by atoms with van der Waals surface area (Å²) < 4.78 is 4.65. The summed E-state index contributed by atoms with van der Waals surface area (Å²) in [6, 6.07) is 0. The summed E-state index contributed by atoms with van der Waals surface area (Å²) in [5.74, 6) is -0.112. The minimum absolute atomic E-state index is 0.0247. The Hall–Kier alpha value is -1.13. The molecule has 0 amide bonds. The van der Waals surface area contributed by atoms with E-state index >= 15 is 0 Å². The maximum absolute atomic E-state index is 11.1. The van der Waals surface area contributed by atoms with Crippen molar-refractivity contribution in [2.45, 2.75) is 97.2 Å². The van der Waals surface area contributed by atoms with E-state index in [0.717, 1.165) is 51.4 Å². The zero-order valence-corrected chi connectivity index (χ0v) is 17.7. The number of aliphatic hydroxyl groups excluding tert-OH is 2. The van der Waals surface area contributed by atoms with Gasteiger partial charge in [0.2, 0.25) is 0 Å². The molecular formula is C23H40O4. The topological polar surface area (TPSA) is 66.8 Å². The van der Waals surface area contributed by atoms with Gasteiger partial charge in [0.25, 0.3) is 0 Å². The molecule has 0 bridgehead atoms. The highest BCUT2D eigenvalue weighted by Crippen LogP contribution is 2.33. The van der Waals surface area contributed by atoms with E-state index in [2.05, 4.69) is 31.6 Å². The fourth-order valence-corrected chi connectivity index (χ4v) is 3.64. The summed E-state index contributed by atoms with van der Waals surface area (Å²) in [5, 5.41) is 20.9. The summed E-state index contributed by atoms with van der Waals surface area (Å²) in [6.07, 6.45) is 14.6. The van der Waals surface area contributed by atoms with Crippen molar-refractivity contribution in [2.75, 3.05) is 7.11 Å². The van der Waals surface area contributed by atoms with E-state index in [-0.39, 0.29) is 23.4 Å². The smallest absolute Gasteiger partial charge is 0.305 e. The van der Waals surface area contributed by atoms with E-state index in [0.29, 0.717) is 12.8 Å². The molecule has 0 heterocycles. The van der Waals surface area contributed by atoms with Crippen LogP contribution in [0.2, 0.25) is 0 Å². The monoisotopic (exact) mass is 380 g/mol. The Morgan fingerprint density at radius 1 is 1.30 bits per heavy atom. The Labute approximate surface area is 165 Å². The Balaban J connectivity index is 2.43. The highest BCUT2D eigenvalue weighted by molar-refractivity contribution is 5.68. The molecule has 0 aromatic carbocycles. The second-order valence-corrected chi connectivity index (χ2v) is 8.52. The lowest BCUT2D eigenvalue weighted by Gasteiger charge is -2.29. The van der Waals surface area contributed by atoms with Crippen LogP contribution in [-0.4, -0.2) is 35.5 Å². The van der Waals surface area contributed by atoms with Gasteiger partial charge in [-0.2, -0.15) is 0 Å². The van der Waals surface area contributed by atoms with Gasteiger partial charge in [-0.15, -0.1) is 0 Å². The van der Waals surface area contributed by atoms with Gasteiger partial charge in [0, 0.05) is 12.3 Å². The number of unbranched alkanes of at least 4 members (excludes halogenated alkanes) is 4. The molecule has 4 heteroatoms. The first-order chi connectivity index (χ1) is 12.8. The molecule has 1 aliphatic carbocycles. The highest BCUT2D eigenvalue weighted by Gasteiger charge is 2.28. The van der Waals surface area contributed by atoms with E-state index in [9.17, 15) is 15.0 Å². The molecule has 27 heavy (non-hydrogen) atoms. The third kappa shape index (κ3) is 8.61. The van der Waals surface area contributed by atoms with E-state index in [1.807, 2.05) is 12.2 Å². The molecule has 0 spiro atoms. The number of methoxy groups -OCH3 is 1. The van der Waals surface area contributed by atoms with Crippen LogP contribution in [-0.2, 0) is 9.53 Å². The molecule has 156 valence electrons. The van der Waals surface area contributed by atoms with Gasteiger partial charge in [-0.1, -0.05) is 70.3 Å². The van der Waals surface area contributed by atoms with Gasteiger partial charge < -0.3 is 14.9 Å². The van der Waals surface area contributed by atoms with E-state index in [1.165, 1.54) is 12.7 Å². The third-order valence-corrected chi connectivity index (χ3v) is 5.76. The molecular weight excluding hydrogens is 340 g/mol. The van der Waals surface area contributed by atoms with Crippen molar-refractivity contribution < 1.29 is 19.7 Å². The Bertz CT molecular complexity index is 493. The quantitative estimate of drug-likeness (QED) is 0.270. The van der Waals surface area contributed by atoms with Crippen LogP contribution in [0.3, 0.4) is 0 Å². The zero-order chi connectivity index (χ0) is 20.3. The summed E-state index contributed by atoms with van der Waals surface area (Å²) in [4.78, 5) is 11.1. The molecule has 0 fully saturated rings. The van der Waals surface area contributed by atoms with Crippen LogP contribution in [0.25, 0.3) is 0 Å². The Morgan fingerprint density at radius 2 is 2.00 bits per heavy atom. The summed E-state index contributed by atoms with van der Waals surface area (Å²) in [5.41, 5.74) is 1.14. The second-order valence-electron chi connectivity index (χ2n) is 8.52. The first-order valence-corrected chi connectivity index (χ1v) is 10.6. The lowest BCUT2D eigenvalue weighted by molar-refractivity contribution is -0.140. The average Bonchev–Trinajstić information content (AvgIpc) is 3.00. The van der Waals surface area contributed by atoms with Gasteiger partial charge in [0.1, 0.15) is 0 Å². The van der Waals surface area contributed by atoms with Gasteiger partial charge in [-0.3, -0.25) is 4.79 Å². The number of ether oxygens (including phenoxy) is 1. The van der Waals surface area contributed by atoms with Gasteiger partial charge in [-0.25, -0.2) is 0 Å². The predicted molar refractivity (Wildman–Crippen MR) is 110 cm³/mol. The number of hydrogen-bond donors (Lipinski definition) is 2. The normalized spacial score (nSPS) is 21.5. The minimum atomic E-state index is -0.489. The molecule has 0 aliphatic heterocycles. The molecule has 2 N–H and O–H groups in total. The van der Waals surface area contributed by atoms with Crippen LogP contribution in [0.1, 0.15) is 85.0 Å². The van der Waals surface area contributed by atoms with Crippen LogP contribution in [0.4, 0.5) is 0 Å². The number of hydrogen-bond acceptors (Lipinski definition) is 4. The van der Waals surface area contributed by atoms with Crippen molar-refractivity contribution in [1.82, 2.24) is 0 Å². The van der Waals surface area contributed by atoms with Crippen molar-refractivity contribution in [1.29, 1.82) is 0 Å². The summed E-state index contributed by atoms with van der Waals surface area (Å²) in [7, 11) is 1.43. The lowest BCUT2D eigenvalue weighted by atomic mass is 9.80. The number of rotatable bonds is 13. The average molecular weight is 381 g/mol. The molecule has 1 aliphatic rings. The fraction of sp³-hybridized carbons (Fsp3) is 0.783. The molecule has 0 radical (unpaired) electrons. The highest BCUT2D eigenvalue weighted by atomic mass is 16.5. The van der Waals surface area contributed by atoms with Crippen molar-refractivity contribution in [3.05, 3.63) is 23.8 Å². The van der Waals surface area contributed by atoms with Crippen molar-refractivity contribution >= 4 is 5.97 Å². The minimum Gasteiger partial charge on any atom is -0.469 e. The molecule has 0 saturated carbocycles. The van der Waals surface area contributed by atoms with Gasteiger partial charge in [0.15, 0.2) is 0 Å². The first kappa shape index (κ1) is 23.9. The Morgan fingerprint density at radius 3 is 2.67 bits per heavy atom. The third-order valence-electron chi connectivity index (χ3n) is 5.76.